The lowest BCUT2D eigenvalue weighted by Crippen LogP contribution is -2.31. The lowest BCUT2D eigenvalue weighted by atomic mass is 10.1. The standard InChI is InChI=1S/C25H23N5O2/c1-16-9-10-17(2)20(12-16)27-23(31)13-22-24(32)29(15-18-6-5-11-26-14-18)25-28-19-7-3-4-8-21(19)30(22)25/h3-12,14,22H,13,15H2,1-2H3,(H,27,31)/t22-/m1/s1. The summed E-state index contributed by atoms with van der Waals surface area (Å²) in [5.41, 5.74) is 5.35. The number of rotatable bonds is 5. The van der Waals surface area contributed by atoms with Crippen molar-refractivity contribution in [3.8, 4) is 0 Å². The molecule has 4 aromatic rings. The topological polar surface area (TPSA) is 80.1 Å². The molecule has 5 rings (SSSR count). The number of nitrogens with zero attached hydrogens (tertiary/aromatic N) is 4. The first kappa shape index (κ1) is 19.9. The van der Waals surface area contributed by atoms with Crippen molar-refractivity contribution in [1.29, 1.82) is 0 Å². The fraction of sp³-hybridized carbons (Fsp3) is 0.200. The molecule has 1 aliphatic heterocycles. The summed E-state index contributed by atoms with van der Waals surface area (Å²) in [6, 6.07) is 16.7. The first-order chi connectivity index (χ1) is 15.5. The zero-order chi connectivity index (χ0) is 22.2. The second-order valence-electron chi connectivity index (χ2n) is 8.14. The number of pyridine rings is 1. The third kappa shape index (κ3) is 3.51. The molecular formula is C25H23N5O2. The predicted molar refractivity (Wildman–Crippen MR) is 123 cm³/mol. The first-order valence-corrected chi connectivity index (χ1v) is 10.6. The Kier molecular flexibility index (Phi) is 4.93. The second-order valence-corrected chi connectivity index (χ2v) is 8.14. The summed E-state index contributed by atoms with van der Waals surface area (Å²) in [6.07, 6.45) is 3.47. The van der Waals surface area contributed by atoms with Gasteiger partial charge in [-0.3, -0.25) is 24.0 Å². The van der Waals surface area contributed by atoms with Gasteiger partial charge in [0, 0.05) is 18.1 Å². The van der Waals surface area contributed by atoms with Crippen LogP contribution in [0.5, 0.6) is 0 Å². The molecule has 0 aliphatic carbocycles. The summed E-state index contributed by atoms with van der Waals surface area (Å²) in [5, 5.41) is 2.98. The number of amides is 2. The Hall–Kier alpha value is -4.00. The van der Waals surface area contributed by atoms with Gasteiger partial charge in [-0.05, 0) is 54.8 Å². The Labute approximate surface area is 185 Å². The van der Waals surface area contributed by atoms with E-state index in [1.807, 2.05) is 73.0 Å². The number of hydrogen-bond acceptors (Lipinski definition) is 4. The van der Waals surface area contributed by atoms with Crippen LogP contribution in [0.4, 0.5) is 11.6 Å². The number of carbonyl (C=O) groups excluding carboxylic acids is 2. The van der Waals surface area contributed by atoms with E-state index in [9.17, 15) is 9.59 Å². The highest BCUT2D eigenvalue weighted by molar-refractivity contribution is 6.05. The van der Waals surface area contributed by atoms with Crippen molar-refractivity contribution in [2.24, 2.45) is 0 Å². The highest BCUT2D eigenvalue weighted by atomic mass is 16.2. The number of para-hydroxylation sites is 2. The SMILES string of the molecule is Cc1ccc(C)c(NC(=O)C[C@@H]2C(=O)N(Cc3cccnc3)c3nc4ccccc4n32)c1. The molecule has 3 heterocycles. The van der Waals surface area contributed by atoms with Crippen LogP contribution >= 0.6 is 0 Å². The van der Waals surface area contributed by atoms with Crippen molar-refractivity contribution < 1.29 is 9.59 Å². The van der Waals surface area contributed by atoms with Crippen LogP contribution in [0.2, 0.25) is 0 Å². The van der Waals surface area contributed by atoms with Crippen LogP contribution in [0.1, 0.15) is 29.2 Å². The van der Waals surface area contributed by atoms with Gasteiger partial charge in [0.25, 0.3) is 5.91 Å². The Morgan fingerprint density at radius 3 is 2.75 bits per heavy atom. The summed E-state index contributed by atoms with van der Waals surface area (Å²) in [7, 11) is 0. The Morgan fingerprint density at radius 1 is 1.09 bits per heavy atom. The van der Waals surface area contributed by atoms with E-state index in [0.717, 1.165) is 33.4 Å². The molecule has 2 aromatic heterocycles. The van der Waals surface area contributed by atoms with Crippen molar-refractivity contribution >= 4 is 34.5 Å². The largest absolute Gasteiger partial charge is 0.326 e. The van der Waals surface area contributed by atoms with Crippen LogP contribution in [0.25, 0.3) is 11.0 Å². The number of aryl methyl sites for hydroxylation is 2. The van der Waals surface area contributed by atoms with Gasteiger partial charge in [-0.1, -0.05) is 30.3 Å². The minimum Gasteiger partial charge on any atom is -0.326 e. The lowest BCUT2D eigenvalue weighted by molar-refractivity contribution is -0.124. The van der Waals surface area contributed by atoms with Crippen LogP contribution in [0, 0.1) is 13.8 Å². The summed E-state index contributed by atoms with van der Waals surface area (Å²) in [6.45, 7) is 4.29. The molecule has 2 aromatic carbocycles. The van der Waals surface area contributed by atoms with Gasteiger partial charge in [-0.15, -0.1) is 0 Å². The van der Waals surface area contributed by atoms with E-state index in [4.69, 9.17) is 4.98 Å². The maximum absolute atomic E-state index is 13.4. The molecule has 7 nitrogen and oxygen atoms in total. The van der Waals surface area contributed by atoms with Crippen LogP contribution in [0.3, 0.4) is 0 Å². The van der Waals surface area contributed by atoms with Crippen LogP contribution in [0.15, 0.2) is 67.0 Å². The van der Waals surface area contributed by atoms with Crippen molar-refractivity contribution in [2.45, 2.75) is 32.9 Å². The van der Waals surface area contributed by atoms with Gasteiger partial charge in [0.2, 0.25) is 11.9 Å². The average molecular weight is 425 g/mol. The number of hydrogen-bond donors (Lipinski definition) is 1. The van der Waals surface area contributed by atoms with Gasteiger partial charge in [-0.2, -0.15) is 0 Å². The van der Waals surface area contributed by atoms with Gasteiger partial charge in [-0.25, -0.2) is 4.98 Å². The van der Waals surface area contributed by atoms with E-state index in [2.05, 4.69) is 10.3 Å². The molecule has 7 heteroatoms. The van der Waals surface area contributed by atoms with E-state index in [1.165, 1.54) is 0 Å². The lowest BCUT2D eigenvalue weighted by Gasteiger charge is -2.16. The fourth-order valence-corrected chi connectivity index (χ4v) is 4.17. The average Bonchev–Trinajstić information content (AvgIpc) is 3.28. The number of anilines is 2. The van der Waals surface area contributed by atoms with Crippen molar-refractivity contribution in [2.75, 3.05) is 10.2 Å². The molecule has 0 unspecified atom stereocenters. The molecular weight excluding hydrogens is 402 g/mol. The van der Waals surface area contributed by atoms with Gasteiger partial charge in [0.1, 0.15) is 6.04 Å². The molecule has 2 amide bonds. The molecule has 0 bridgehead atoms. The normalized spacial score (nSPS) is 15.2. The maximum atomic E-state index is 13.4. The summed E-state index contributed by atoms with van der Waals surface area (Å²) >= 11 is 0. The molecule has 0 radical (unpaired) electrons. The number of carbonyl (C=O) groups is 2. The third-order valence-corrected chi connectivity index (χ3v) is 5.79. The number of fused-ring (bicyclic) bond motifs is 3. The number of aromatic nitrogens is 3. The first-order valence-electron chi connectivity index (χ1n) is 10.6. The molecule has 1 aliphatic rings. The van der Waals surface area contributed by atoms with Crippen molar-refractivity contribution in [1.82, 2.24) is 14.5 Å². The van der Waals surface area contributed by atoms with E-state index >= 15 is 0 Å². The van der Waals surface area contributed by atoms with E-state index in [1.54, 1.807) is 17.3 Å². The molecule has 32 heavy (non-hydrogen) atoms. The monoisotopic (exact) mass is 425 g/mol. The zero-order valence-corrected chi connectivity index (χ0v) is 17.9. The smallest absolute Gasteiger partial charge is 0.253 e. The van der Waals surface area contributed by atoms with Crippen molar-refractivity contribution in [3.63, 3.8) is 0 Å². The molecule has 1 atom stereocenters. The predicted octanol–water partition coefficient (Wildman–Crippen LogP) is 4.16. The second kappa shape index (κ2) is 7.92. The minimum absolute atomic E-state index is 0.0309. The summed E-state index contributed by atoms with van der Waals surface area (Å²) in [4.78, 5) is 36.9. The van der Waals surface area contributed by atoms with Crippen LogP contribution in [-0.2, 0) is 16.1 Å². The highest BCUT2D eigenvalue weighted by Gasteiger charge is 2.40. The van der Waals surface area contributed by atoms with Crippen molar-refractivity contribution in [3.05, 3.63) is 83.7 Å². The third-order valence-electron chi connectivity index (χ3n) is 5.79. The molecule has 0 spiro atoms. The minimum atomic E-state index is -0.654. The fourth-order valence-electron chi connectivity index (χ4n) is 4.17. The molecule has 0 fully saturated rings. The summed E-state index contributed by atoms with van der Waals surface area (Å²) in [5.74, 6) is 0.215. The zero-order valence-electron chi connectivity index (χ0n) is 17.9. The molecule has 1 N–H and O–H groups in total. The van der Waals surface area contributed by atoms with Crippen LogP contribution < -0.4 is 10.2 Å². The quantitative estimate of drug-likeness (QED) is 0.521. The number of benzene rings is 2. The number of nitrogens with one attached hydrogen (secondary N) is 1. The van der Waals surface area contributed by atoms with Gasteiger partial charge < -0.3 is 5.32 Å². The molecule has 160 valence electrons. The molecule has 0 saturated carbocycles. The summed E-state index contributed by atoms with van der Waals surface area (Å²) < 4.78 is 1.89. The number of imidazole rings is 1. The van der Waals surface area contributed by atoms with Gasteiger partial charge in [0.15, 0.2) is 0 Å². The van der Waals surface area contributed by atoms with Gasteiger partial charge >= 0.3 is 0 Å². The van der Waals surface area contributed by atoms with Gasteiger partial charge in [0.05, 0.1) is 24.0 Å². The molecule has 0 saturated heterocycles. The van der Waals surface area contributed by atoms with E-state index in [-0.39, 0.29) is 18.2 Å². The Bertz CT molecular complexity index is 1330. The van der Waals surface area contributed by atoms with E-state index in [0.29, 0.717) is 12.5 Å². The highest BCUT2D eigenvalue weighted by Crippen LogP contribution is 2.37. The van der Waals surface area contributed by atoms with E-state index < -0.39 is 6.04 Å². The maximum Gasteiger partial charge on any atom is 0.253 e. The Morgan fingerprint density at radius 2 is 1.94 bits per heavy atom. The Balaban J connectivity index is 1.48. The van der Waals surface area contributed by atoms with Crippen LogP contribution in [-0.4, -0.2) is 26.3 Å².